The summed E-state index contributed by atoms with van der Waals surface area (Å²) in [6, 6.07) is 6.95. The molecule has 43 heavy (non-hydrogen) atoms. The van der Waals surface area contributed by atoms with Crippen molar-refractivity contribution in [3.63, 3.8) is 0 Å². The Morgan fingerprint density at radius 1 is 0.953 bits per heavy atom. The third-order valence-electron chi connectivity index (χ3n) is 8.54. The van der Waals surface area contributed by atoms with Crippen molar-refractivity contribution in [2.45, 2.75) is 43.9 Å². The average molecular weight is 601 g/mol. The number of benzene rings is 2. The molecule has 2 aliphatic heterocycles. The van der Waals surface area contributed by atoms with Crippen molar-refractivity contribution in [2.24, 2.45) is 17.6 Å². The van der Waals surface area contributed by atoms with E-state index in [0.29, 0.717) is 30.9 Å². The minimum absolute atomic E-state index is 0.0644. The lowest BCUT2D eigenvalue weighted by atomic mass is 9.65. The maximum atomic E-state index is 13.2. The van der Waals surface area contributed by atoms with Gasteiger partial charge in [-0.15, -0.1) is 0 Å². The fraction of sp³-hybridized carbons (Fsp3) is 0.581. The number of aliphatic hydroxyl groups excluding tert-OH is 1. The van der Waals surface area contributed by atoms with Crippen LogP contribution in [0.25, 0.3) is 0 Å². The number of phenols is 1. The number of fused-ring (bicyclic) bond motifs is 3. The molecule has 12 nitrogen and oxygen atoms in total. The van der Waals surface area contributed by atoms with Gasteiger partial charge in [-0.3, -0.25) is 4.79 Å². The van der Waals surface area contributed by atoms with E-state index < -0.39 is 18.2 Å². The minimum Gasteiger partial charge on any atom is -0.502 e. The van der Waals surface area contributed by atoms with Crippen LogP contribution in [0.3, 0.4) is 0 Å². The summed E-state index contributed by atoms with van der Waals surface area (Å²) in [6.07, 6.45) is 2.00. The van der Waals surface area contributed by atoms with Gasteiger partial charge in [0.2, 0.25) is 18.4 Å². The topological polar surface area (TPSA) is 166 Å². The first-order chi connectivity index (χ1) is 21.0. The second-order valence-electron chi connectivity index (χ2n) is 11.2. The minimum atomic E-state index is -1.06. The summed E-state index contributed by atoms with van der Waals surface area (Å²) in [5.74, 6) is 0.583. The zero-order chi connectivity index (χ0) is 30.3. The van der Waals surface area contributed by atoms with Crippen molar-refractivity contribution in [1.82, 2.24) is 16.0 Å². The Balaban J connectivity index is 1.34. The number of carbonyl (C=O) groups excluding carboxylic acids is 1. The number of phenolic OH excluding ortho intramolecular Hbond substituents is 1. The lowest BCUT2D eigenvalue weighted by Crippen LogP contribution is -2.43. The Kier molecular flexibility index (Phi) is 10.5. The number of aliphatic hydroxyl groups is 1. The molecule has 7 N–H and O–H groups in total. The van der Waals surface area contributed by atoms with Gasteiger partial charge >= 0.3 is 0 Å². The molecule has 1 fully saturated rings. The van der Waals surface area contributed by atoms with Gasteiger partial charge in [0.15, 0.2) is 29.3 Å². The molecule has 1 saturated heterocycles. The highest BCUT2D eigenvalue weighted by Gasteiger charge is 2.52. The van der Waals surface area contributed by atoms with Gasteiger partial charge in [0.05, 0.1) is 26.9 Å². The largest absolute Gasteiger partial charge is 0.502 e. The molecule has 0 bridgehead atoms. The number of rotatable bonds is 15. The normalized spacial score (nSPS) is 23.5. The lowest BCUT2D eigenvalue weighted by Gasteiger charge is -2.41. The molecule has 5 atom stereocenters. The zero-order valence-corrected chi connectivity index (χ0v) is 24.9. The summed E-state index contributed by atoms with van der Waals surface area (Å²) >= 11 is 0. The van der Waals surface area contributed by atoms with Gasteiger partial charge in [-0.1, -0.05) is 0 Å². The van der Waals surface area contributed by atoms with Crippen LogP contribution in [0.15, 0.2) is 24.3 Å². The smallest absolute Gasteiger partial charge is 0.231 e. The molecule has 3 aliphatic rings. The molecule has 1 unspecified atom stereocenters. The van der Waals surface area contributed by atoms with E-state index in [2.05, 4.69) is 16.0 Å². The average Bonchev–Trinajstić information content (AvgIpc) is 3.63. The number of nitrogens with one attached hydrogen (secondary N) is 3. The molecular weight excluding hydrogens is 556 g/mol. The van der Waals surface area contributed by atoms with Crippen LogP contribution < -0.4 is 40.6 Å². The van der Waals surface area contributed by atoms with Crippen LogP contribution in [0.5, 0.6) is 28.7 Å². The van der Waals surface area contributed by atoms with E-state index in [9.17, 15) is 15.0 Å². The molecule has 0 aromatic heterocycles. The van der Waals surface area contributed by atoms with E-state index in [-0.39, 0.29) is 48.4 Å². The Morgan fingerprint density at radius 3 is 2.23 bits per heavy atom. The first kappa shape index (κ1) is 31.1. The van der Waals surface area contributed by atoms with Crippen molar-refractivity contribution in [1.29, 1.82) is 0 Å². The second kappa shape index (κ2) is 14.5. The molecule has 236 valence electrons. The van der Waals surface area contributed by atoms with Crippen molar-refractivity contribution in [3.05, 3.63) is 41.0 Å². The number of methoxy groups -OCH3 is 2. The molecule has 5 rings (SSSR count). The number of hydrogen-bond acceptors (Lipinski definition) is 11. The quantitative estimate of drug-likeness (QED) is 0.165. The SMILES string of the molecule is COc1cc([C@@H]2c3cc4c(cc3[C@@H](NC(=O)CCCNCCCNCCCN)[C@H]3COC(O)[C@H]23)OCO4)cc(OC)c1O. The van der Waals surface area contributed by atoms with Gasteiger partial charge in [0, 0.05) is 24.2 Å². The molecule has 0 radical (unpaired) electrons. The highest BCUT2D eigenvalue weighted by molar-refractivity contribution is 5.77. The summed E-state index contributed by atoms with van der Waals surface area (Å²) in [6.45, 7) is 4.58. The molecule has 0 saturated carbocycles. The molecule has 2 aromatic carbocycles. The zero-order valence-electron chi connectivity index (χ0n) is 24.9. The van der Waals surface area contributed by atoms with E-state index in [1.165, 1.54) is 14.2 Å². The predicted octanol–water partition coefficient (Wildman–Crippen LogP) is 1.72. The maximum Gasteiger partial charge on any atom is 0.231 e. The molecule has 0 spiro atoms. The number of hydrogen-bond donors (Lipinski definition) is 6. The fourth-order valence-electron chi connectivity index (χ4n) is 6.44. The van der Waals surface area contributed by atoms with E-state index in [0.717, 1.165) is 55.7 Å². The van der Waals surface area contributed by atoms with Crippen LogP contribution in [0.2, 0.25) is 0 Å². The van der Waals surface area contributed by atoms with Crippen LogP contribution in [0.1, 0.15) is 54.3 Å². The summed E-state index contributed by atoms with van der Waals surface area (Å²) in [5.41, 5.74) is 8.04. The van der Waals surface area contributed by atoms with E-state index in [4.69, 9.17) is 29.4 Å². The summed E-state index contributed by atoms with van der Waals surface area (Å²) in [7, 11) is 2.95. The number of nitrogens with two attached hydrogens (primary N) is 1. The van der Waals surface area contributed by atoms with E-state index in [1.54, 1.807) is 12.1 Å². The van der Waals surface area contributed by atoms with Gasteiger partial charge < -0.3 is 55.6 Å². The third-order valence-corrected chi connectivity index (χ3v) is 8.54. The van der Waals surface area contributed by atoms with Crippen LogP contribution in [0, 0.1) is 11.8 Å². The monoisotopic (exact) mass is 600 g/mol. The number of aromatic hydroxyl groups is 1. The third kappa shape index (κ3) is 6.78. The summed E-state index contributed by atoms with van der Waals surface area (Å²) < 4.78 is 28.1. The molecule has 2 heterocycles. The van der Waals surface area contributed by atoms with Crippen LogP contribution in [-0.2, 0) is 9.53 Å². The fourth-order valence-corrected chi connectivity index (χ4v) is 6.44. The lowest BCUT2D eigenvalue weighted by molar-refractivity contribution is -0.122. The Hall–Kier alpha value is -3.29. The van der Waals surface area contributed by atoms with Crippen LogP contribution in [0.4, 0.5) is 0 Å². The maximum absolute atomic E-state index is 13.2. The van der Waals surface area contributed by atoms with Crippen molar-refractivity contribution in [2.75, 3.05) is 60.3 Å². The van der Waals surface area contributed by atoms with Crippen molar-refractivity contribution in [3.8, 4) is 28.7 Å². The summed E-state index contributed by atoms with van der Waals surface area (Å²) in [5, 5.41) is 31.7. The number of carbonyl (C=O) groups is 1. The Bertz CT molecular complexity index is 1240. The number of amides is 1. The number of ether oxygens (including phenoxy) is 5. The van der Waals surface area contributed by atoms with Gasteiger partial charge in [0.25, 0.3) is 0 Å². The highest BCUT2D eigenvalue weighted by Crippen LogP contribution is 2.56. The molecule has 1 aliphatic carbocycles. The molecule has 12 heteroatoms. The highest BCUT2D eigenvalue weighted by atomic mass is 16.7. The Labute approximate surface area is 252 Å². The van der Waals surface area contributed by atoms with Crippen molar-refractivity contribution >= 4 is 5.91 Å². The molecule has 1 amide bonds. The summed E-state index contributed by atoms with van der Waals surface area (Å²) in [4.78, 5) is 13.2. The predicted molar refractivity (Wildman–Crippen MR) is 159 cm³/mol. The van der Waals surface area contributed by atoms with Crippen molar-refractivity contribution < 1.29 is 38.7 Å². The van der Waals surface area contributed by atoms with Gasteiger partial charge in [-0.05, 0) is 92.9 Å². The van der Waals surface area contributed by atoms with Crippen LogP contribution in [-0.4, -0.2) is 82.8 Å². The van der Waals surface area contributed by atoms with Gasteiger partial charge in [-0.25, -0.2) is 0 Å². The molecule has 2 aromatic rings. The van der Waals surface area contributed by atoms with E-state index in [1.807, 2.05) is 12.1 Å². The standard InChI is InChI=1S/C31H44N4O8/c1-39-24-12-18(13-25(40-2)30(24)37)27-19-14-22-23(43-17-42-22)15-20(19)29(21-16-41-31(38)28(21)27)35-26(36)6-3-8-33-10-5-11-34-9-4-7-32/h12-15,21,27-29,31,33-34,37-38H,3-11,16-17,32H2,1-2H3,(H,35,36)/t21-,27+,28-,29+,31?/m0/s1. The second-order valence-corrected chi connectivity index (χ2v) is 11.2. The van der Waals surface area contributed by atoms with E-state index >= 15 is 0 Å². The van der Waals surface area contributed by atoms with Gasteiger partial charge in [-0.2, -0.15) is 0 Å². The molecular formula is C31H44N4O8. The first-order valence-corrected chi connectivity index (χ1v) is 15.1. The Morgan fingerprint density at radius 2 is 1.58 bits per heavy atom. The van der Waals surface area contributed by atoms with Crippen LogP contribution >= 0.6 is 0 Å². The first-order valence-electron chi connectivity index (χ1n) is 15.1. The van der Waals surface area contributed by atoms with Gasteiger partial charge in [0.1, 0.15) is 0 Å².